The summed E-state index contributed by atoms with van der Waals surface area (Å²) in [5.74, 6) is 6.77. The molecule has 0 radical (unpaired) electrons. The van der Waals surface area contributed by atoms with Crippen molar-refractivity contribution in [2.45, 2.75) is 37.3 Å². The molecule has 8 heteroatoms. The van der Waals surface area contributed by atoms with E-state index in [0.717, 1.165) is 12.8 Å². The topological polar surface area (TPSA) is 101 Å². The minimum absolute atomic E-state index is 0.0348. The quantitative estimate of drug-likeness (QED) is 0.534. The molecule has 5 rings (SSSR count). The second-order valence-electron chi connectivity index (χ2n) is 9.20. The Bertz CT molecular complexity index is 1370. The lowest BCUT2D eigenvalue weighted by Gasteiger charge is -2.20. The van der Waals surface area contributed by atoms with Crippen molar-refractivity contribution in [3.63, 3.8) is 0 Å². The first-order valence-corrected chi connectivity index (χ1v) is 12.2. The number of hydrogen-bond acceptors (Lipinski definition) is 6. The number of amides is 2. The average Bonchev–Trinajstić information content (AvgIpc) is 3.32. The lowest BCUT2D eigenvalue weighted by Crippen LogP contribution is -2.49. The summed E-state index contributed by atoms with van der Waals surface area (Å²) in [5.41, 5.74) is 0.387. The van der Waals surface area contributed by atoms with Gasteiger partial charge in [0.1, 0.15) is 41.2 Å². The van der Waals surface area contributed by atoms with Crippen molar-refractivity contribution in [3.8, 4) is 29.1 Å². The highest BCUT2D eigenvalue weighted by atomic mass is 16.5. The van der Waals surface area contributed by atoms with E-state index < -0.39 is 17.6 Å². The van der Waals surface area contributed by atoms with Crippen LogP contribution < -0.4 is 19.7 Å². The lowest BCUT2D eigenvalue weighted by atomic mass is 10.0. The number of fused-ring (bicyclic) bond motifs is 1. The maximum absolute atomic E-state index is 13.2. The minimum atomic E-state index is -0.947. The number of anilines is 1. The molecular formula is C29H27N3O5. The maximum Gasteiger partial charge on any atom is 0.270 e. The summed E-state index contributed by atoms with van der Waals surface area (Å²) in [6.45, 7) is -0.0348. The number of aromatic nitrogens is 1. The zero-order valence-corrected chi connectivity index (χ0v) is 20.4. The molecular weight excluding hydrogens is 470 g/mol. The average molecular weight is 498 g/mol. The highest BCUT2D eigenvalue weighted by Gasteiger charge is 2.32. The summed E-state index contributed by atoms with van der Waals surface area (Å²) in [6.07, 6.45) is 4.75. The molecule has 188 valence electrons. The van der Waals surface area contributed by atoms with Gasteiger partial charge in [-0.2, -0.15) is 0 Å². The van der Waals surface area contributed by atoms with E-state index in [1.807, 2.05) is 30.3 Å². The van der Waals surface area contributed by atoms with Crippen molar-refractivity contribution in [3.05, 3.63) is 78.1 Å². The van der Waals surface area contributed by atoms with Crippen molar-refractivity contribution in [1.29, 1.82) is 0 Å². The van der Waals surface area contributed by atoms with Crippen molar-refractivity contribution in [2.75, 3.05) is 18.6 Å². The number of nitrogens with one attached hydrogen (secondary N) is 1. The number of pyridine rings is 1. The molecule has 2 N–H and O–H groups in total. The number of rotatable bonds is 4. The molecule has 1 aliphatic heterocycles. The molecule has 2 amide bonds. The van der Waals surface area contributed by atoms with Gasteiger partial charge in [-0.15, -0.1) is 0 Å². The molecule has 1 fully saturated rings. The van der Waals surface area contributed by atoms with Crippen LogP contribution in [0.3, 0.4) is 0 Å². The normalized spacial score (nSPS) is 18.1. The molecule has 1 aromatic heterocycles. The molecule has 1 atom stereocenters. The van der Waals surface area contributed by atoms with Crippen LogP contribution >= 0.6 is 0 Å². The first-order chi connectivity index (χ1) is 17.9. The predicted octanol–water partition coefficient (Wildman–Crippen LogP) is 3.68. The molecule has 0 spiro atoms. The van der Waals surface area contributed by atoms with E-state index in [2.05, 4.69) is 22.1 Å². The molecule has 1 saturated carbocycles. The van der Waals surface area contributed by atoms with E-state index in [0.29, 0.717) is 41.3 Å². The molecule has 37 heavy (non-hydrogen) atoms. The summed E-state index contributed by atoms with van der Waals surface area (Å²) in [5, 5.41) is 13.2. The Morgan fingerprint density at radius 1 is 1.14 bits per heavy atom. The lowest BCUT2D eigenvalue weighted by molar-refractivity contribution is -0.120. The first-order valence-electron chi connectivity index (χ1n) is 12.2. The van der Waals surface area contributed by atoms with E-state index >= 15 is 0 Å². The Balaban J connectivity index is 1.29. The van der Waals surface area contributed by atoms with Crippen LogP contribution in [-0.4, -0.2) is 47.2 Å². The number of nitrogens with zero attached hydrogens (tertiary/aromatic N) is 2. The number of benzene rings is 2. The van der Waals surface area contributed by atoms with Crippen LogP contribution in [0.4, 0.5) is 5.69 Å². The molecule has 2 aromatic carbocycles. The van der Waals surface area contributed by atoms with Gasteiger partial charge in [0.25, 0.3) is 11.8 Å². The first kappa shape index (κ1) is 24.3. The Labute approximate surface area is 215 Å². The van der Waals surface area contributed by atoms with Crippen molar-refractivity contribution < 1.29 is 24.2 Å². The van der Waals surface area contributed by atoms with Crippen LogP contribution in [0.2, 0.25) is 0 Å². The van der Waals surface area contributed by atoms with Crippen LogP contribution in [0.1, 0.15) is 41.7 Å². The highest BCUT2D eigenvalue weighted by molar-refractivity contribution is 6.03. The number of hydrogen-bond donors (Lipinski definition) is 2. The molecule has 8 nitrogen and oxygen atoms in total. The van der Waals surface area contributed by atoms with E-state index in [-0.39, 0.29) is 18.2 Å². The molecule has 3 aromatic rings. The Morgan fingerprint density at radius 3 is 2.70 bits per heavy atom. The number of likely N-dealkylation sites (N-methyl/N-ethyl adjacent to an activating group) is 1. The van der Waals surface area contributed by atoms with Gasteiger partial charge >= 0.3 is 0 Å². The second kappa shape index (κ2) is 10.3. The summed E-state index contributed by atoms with van der Waals surface area (Å²) in [4.78, 5) is 31.8. The highest BCUT2D eigenvalue weighted by Crippen LogP contribution is 2.32. The minimum Gasteiger partial charge on any atom is -0.489 e. The Kier molecular flexibility index (Phi) is 6.80. The monoisotopic (exact) mass is 497 g/mol. The van der Waals surface area contributed by atoms with Crippen LogP contribution in [-0.2, 0) is 4.79 Å². The van der Waals surface area contributed by atoms with Gasteiger partial charge in [-0.3, -0.25) is 14.6 Å². The number of para-hydroxylation sites is 1. The van der Waals surface area contributed by atoms with Crippen LogP contribution in [0, 0.1) is 11.8 Å². The van der Waals surface area contributed by atoms with E-state index in [1.54, 1.807) is 31.3 Å². The third-order valence-corrected chi connectivity index (χ3v) is 6.47. The van der Waals surface area contributed by atoms with Gasteiger partial charge in [0.05, 0.1) is 5.69 Å². The van der Waals surface area contributed by atoms with Gasteiger partial charge in [-0.25, -0.2) is 0 Å². The molecule has 0 unspecified atom stereocenters. The van der Waals surface area contributed by atoms with Crippen molar-refractivity contribution in [2.24, 2.45) is 0 Å². The molecule has 2 aliphatic rings. The summed E-state index contributed by atoms with van der Waals surface area (Å²) >= 11 is 0. The molecule has 2 heterocycles. The summed E-state index contributed by atoms with van der Waals surface area (Å²) in [7, 11) is 1.63. The van der Waals surface area contributed by atoms with Crippen LogP contribution in [0.5, 0.6) is 17.2 Å². The van der Waals surface area contributed by atoms with E-state index in [9.17, 15) is 14.7 Å². The summed E-state index contributed by atoms with van der Waals surface area (Å²) in [6, 6.07) is 16.8. The fraction of sp³-hybridized carbons (Fsp3) is 0.276. The van der Waals surface area contributed by atoms with Crippen molar-refractivity contribution >= 4 is 17.5 Å². The van der Waals surface area contributed by atoms with Gasteiger partial charge in [0.15, 0.2) is 0 Å². The summed E-state index contributed by atoms with van der Waals surface area (Å²) < 4.78 is 11.7. The van der Waals surface area contributed by atoms with Crippen LogP contribution in [0.25, 0.3) is 0 Å². The van der Waals surface area contributed by atoms with E-state index in [1.165, 1.54) is 17.2 Å². The Hall–Kier alpha value is -4.35. The van der Waals surface area contributed by atoms with Gasteiger partial charge in [-0.1, -0.05) is 30.0 Å². The zero-order chi connectivity index (χ0) is 25.8. The second-order valence-corrected chi connectivity index (χ2v) is 9.20. The van der Waals surface area contributed by atoms with Gasteiger partial charge in [-0.05, 0) is 62.1 Å². The zero-order valence-electron chi connectivity index (χ0n) is 20.4. The number of carbonyl (C=O) groups excluding carboxylic acids is 2. The van der Waals surface area contributed by atoms with Gasteiger partial charge < -0.3 is 24.8 Å². The fourth-order valence-corrected chi connectivity index (χ4v) is 4.41. The smallest absolute Gasteiger partial charge is 0.270 e. The molecule has 0 saturated heterocycles. The Morgan fingerprint density at radius 2 is 1.92 bits per heavy atom. The standard InChI is InChI=1S/C29H27N3O5/c1-32-25-17-20(11-15-29(35)13-5-6-14-29)9-10-26(25)36-19-24(28(32)34)31-27(33)23-18-22(12-16-30-23)37-21-7-3-2-4-8-21/h2-4,7-10,12,16-18,24,35H,5-6,13-14,19H2,1H3,(H,31,33)/t24-/m0/s1. The largest absolute Gasteiger partial charge is 0.489 e. The maximum atomic E-state index is 13.2. The van der Waals surface area contributed by atoms with Crippen LogP contribution in [0.15, 0.2) is 66.9 Å². The third-order valence-electron chi connectivity index (χ3n) is 6.47. The molecule has 0 bridgehead atoms. The van der Waals surface area contributed by atoms with Crippen molar-refractivity contribution in [1.82, 2.24) is 10.3 Å². The number of carbonyl (C=O) groups is 2. The van der Waals surface area contributed by atoms with Gasteiger partial charge in [0.2, 0.25) is 0 Å². The fourth-order valence-electron chi connectivity index (χ4n) is 4.41. The third kappa shape index (κ3) is 5.57. The SMILES string of the molecule is CN1C(=O)[C@@H](NC(=O)c2cc(Oc3ccccc3)ccn2)COc2ccc(C#CC3(O)CCCC3)cc21. The number of aliphatic hydroxyl groups is 1. The van der Waals surface area contributed by atoms with Gasteiger partial charge in [0, 0.05) is 24.9 Å². The molecule has 1 aliphatic carbocycles. The predicted molar refractivity (Wildman–Crippen MR) is 138 cm³/mol. The number of ether oxygens (including phenoxy) is 2. The van der Waals surface area contributed by atoms with E-state index in [4.69, 9.17) is 9.47 Å².